The Morgan fingerprint density at radius 3 is 0.927 bits per heavy atom. The van der Waals surface area contributed by atoms with Crippen molar-refractivity contribution in [1.82, 2.24) is 31.3 Å². The number of carboxylic acid groups (broad SMARTS) is 8. The highest BCUT2D eigenvalue weighted by molar-refractivity contribution is 7.89. The molecule has 6 rings (SSSR count). The number of nitrogens with zero attached hydrogens (tertiary/aromatic N) is 1. The summed E-state index contributed by atoms with van der Waals surface area (Å²) in [6.07, 6.45) is 2.21. The van der Waals surface area contributed by atoms with E-state index in [2.05, 4.69) is 26.6 Å². The van der Waals surface area contributed by atoms with Crippen LogP contribution in [0.4, 0.5) is 5.69 Å². The number of aryl methyl sites for hydroxylation is 2. The molecule has 0 fully saturated rings. The zero-order chi connectivity index (χ0) is 84.4. The monoisotopic (exact) mass is 1560 g/mol. The minimum atomic E-state index is -3.70. The predicted octanol–water partition coefficient (Wildman–Crippen LogP) is 8.92. The van der Waals surface area contributed by atoms with Gasteiger partial charge in [-0.3, -0.25) is 48.5 Å². The molecule has 0 aliphatic rings. The molecule has 110 heavy (non-hydrogen) atoms. The highest BCUT2D eigenvalue weighted by Crippen LogP contribution is 2.15. The highest BCUT2D eigenvalue weighted by Gasteiger charge is 2.25. The zero-order valence-corrected chi connectivity index (χ0v) is 64.1. The van der Waals surface area contributed by atoms with Gasteiger partial charge in [0.1, 0.15) is 36.8 Å². The van der Waals surface area contributed by atoms with Crippen LogP contribution in [0.1, 0.15) is 155 Å². The Morgan fingerprint density at radius 1 is 0.382 bits per heavy atom. The Hall–Kier alpha value is -12.3. The number of benzene rings is 6. The second-order valence-corrected chi connectivity index (χ2v) is 26.9. The largest absolute Gasteiger partial charge is 0.481 e. The topological polar surface area (TPSA) is 533 Å². The molecule has 14 N–H and O–H groups in total. The van der Waals surface area contributed by atoms with Gasteiger partial charge in [-0.2, -0.15) is 4.72 Å². The number of carbonyl (C=O) groups excluding carboxylic acids is 5. The summed E-state index contributed by atoms with van der Waals surface area (Å²) in [7, 11) is -3.70. The molecular weight excluding hydrogens is 1450 g/mol. The van der Waals surface area contributed by atoms with Crippen molar-refractivity contribution in [2.75, 3.05) is 6.54 Å². The Labute approximate surface area is 638 Å². The van der Waals surface area contributed by atoms with Crippen LogP contribution in [0, 0.1) is 41.7 Å². The minimum Gasteiger partial charge on any atom is -0.481 e. The average Bonchev–Trinajstić information content (AvgIpc) is 0.860. The highest BCUT2D eigenvalue weighted by atomic mass is 32.2. The molecule has 5 atom stereocenters. The SMILES string of the molecule is CC(=O)N[C@@H](CC(C)C)C(=O)O.CC(=O)N[C@@H](Cc1ccccc1)C(=O)O.CC(C)C[C@H](NC(=O)c1ccccc1)C(=O)O.CCC(=O)O.CCC(=O)O.Cc1ccc(C(=O)NC(CC(C)C)C(=O)O)cc1.Cc1ccc(S(=O)(=O)NCC(=O)O)cc1.O=C(NC(Cc1ccccc1)C(=O)O)c1ccc([N+](=O)[O-])cc1. The fourth-order valence-electron chi connectivity index (χ4n) is 8.38. The van der Waals surface area contributed by atoms with Crippen molar-refractivity contribution < 1.29 is 117 Å². The van der Waals surface area contributed by atoms with Crippen LogP contribution in [0.15, 0.2) is 169 Å². The summed E-state index contributed by atoms with van der Waals surface area (Å²) in [5.74, 6) is -9.08. The number of hydrogen-bond donors (Lipinski definition) is 14. The van der Waals surface area contributed by atoms with Crippen LogP contribution in [0.5, 0.6) is 0 Å². The minimum absolute atomic E-state index is 0.0642. The number of nitrogens with one attached hydrogen (secondary N) is 6. The Bertz CT molecular complexity index is 3980. The van der Waals surface area contributed by atoms with E-state index in [1.165, 1.54) is 50.2 Å². The van der Waals surface area contributed by atoms with Gasteiger partial charge in [-0.1, -0.05) is 170 Å². The van der Waals surface area contributed by atoms with Crippen LogP contribution >= 0.6 is 0 Å². The normalized spacial score (nSPS) is 11.5. The van der Waals surface area contributed by atoms with E-state index in [4.69, 9.17) is 35.7 Å². The first-order valence-electron chi connectivity index (χ1n) is 34.1. The van der Waals surface area contributed by atoms with Gasteiger partial charge in [0.05, 0.1) is 9.82 Å². The third-order valence-electron chi connectivity index (χ3n) is 13.9. The number of non-ortho nitro benzene ring substituents is 1. The Balaban J connectivity index is 0. The van der Waals surface area contributed by atoms with E-state index < -0.39 is 105 Å². The summed E-state index contributed by atoms with van der Waals surface area (Å²) in [5.41, 5.74) is 4.65. The average molecular weight is 1560 g/mol. The van der Waals surface area contributed by atoms with Crippen LogP contribution in [-0.4, -0.2) is 168 Å². The molecule has 0 spiro atoms. The summed E-state index contributed by atoms with van der Waals surface area (Å²) in [5, 5.41) is 91.4. The smallest absolute Gasteiger partial charge is 0.326 e. The molecule has 32 nitrogen and oxygen atoms in total. The van der Waals surface area contributed by atoms with Gasteiger partial charge in [0.2, 0.25) is 21.8 Å². The molecule has 0 aliphatic heterocycles. The number of nitro groups is 1. The summed E-state index contributed by atoms with van der Waals surface area (Å²) >= 11 is 0. The van der Waals surface area contributed by atoms with Gasteiger partial charge < -0.3 is 67.4 Å². The molecule has 0 saturated carbocycles. The third-order valence-corrected chi connectivity index (χ3v) is 15.3. The molecule has 33 heteroatoms. The summed E-state index contributed by atoms with van der Waals surface area (Å²) < 4.78 is 24.9. The van der Waals surface area contributed by atoms with Crippen molar-refractivity contribution >= 4 is 93.0 Å². The second-order valence-electron chi connectivity index (χ2n) is 25.1. The lowest BCUT2D eigenvalue weighted by Crippen LogP contribution is -2.42. The molecule has 0 bridgehead atoms. The maximum atomic E-state index is 12.1. The Morgan fingerprint density at radius 2 is 0.645 bits per heavy atom. The van der Waals surface area contributed by atoms with Crippen molar-refractivity contribution in [2.24, 2.45) is 17.8 Å². The first kappa shape index (κ1) is 99.8. The van der Waals surface area contributed by atoms with Crippen molar-refractivity contribution in [2.45, 2.75) is 163 Å². The van der Waals surface area contributed by atoms with Crippen LogP contribution in [0.2, 0.25) is 0 Å². The van der Waals surface area contributed by atoms with Gasteiger partial charge >= 0.3 is 47.8 Å². The van der Waals surface area contributed by atoms with Gasteiger partial charge in [-0.25, -0.2) is 32.4 Å². The predicted molar refractivity (Wildman–Crippen MR) is 406 cm³/mol. The van der Waals surface area contributed by atoms with Crippen LogP contribution in [0.3, 0.4) is 0 Å². The van der Waals surface area contributed by atoms with E-state index >= 15 is 0 Å². The van der Waals surface area contributed by atoms with Crippen molar-refractivity contribution in [3.05, 3.63) is 213 Å². The van der Waals surface area contributed by atoms with E-state index in [0.717, 1.165) is 22.3 Å². The summed E-state index contributed by atoms with van der Waals surface area (Å²) in [6.45, 7) is 20.5. The van der Waals surface area contributed by atoms with E-state index in [0.29, 0.717) is 36.8 Å². The van der Waals surface area contributed by atoms with Crippen LogP contribution in [0.25, 0.3) is 0 Å². The first-order valence-corrected chi connectivity index (χ1v) is 35.6. The van der Waals surface area contributed by atoms with E-state index in [-0.39, 0.29) is 76.8 Å². The lowest BCUT2D eigenvalue weighted by Gasteiger charge is -2.16. The number of aliphatic carboxylic acids is 8. The van der Waals surface area contributed by atoms with Gasteiger partial charge in [0.25, 0.3) is 23.4 Å². The lowest BCUT2D eigenvalue weighted by atomic mass is 10.0. The standard InChI is InChI=1S/C16H14N2O5.C14H19NO3.C13H17NO3.C11H13NO3.C9H11NO4S.C8H15NO3.2C3H6O2/c19-15(12-6-8-13(9-7-12)18(22)23)17-14(16(20)21)10-11-4-2-1-3-5-11;1-9(2)8-12(14(17)18)15-13(16)11-6-4-10(3)5-7-11;1-9(2)8-11(13(16)17)14-12(15)10-6-4-3-5-7-10;1-8(13)12-10(11(14)15)7-9-5-3-2-4-6-9;1-7-2-4-8(5-3-7)15(13,14)10-6-9(11)12;1-5(2)4-7(8(11)12)9-6(3)10;2*1-2-3(4)5/h1-9,14H,10H2,(H,17,19)(H,20,21);4-7,9,12H,8H2,1-3H3,(H,15,16)(H,17,18);3-7,9,11H,8H2,1-2H3,(H,14,15)(H,16,17);2-6,10H,7H2,1H3,(H,12,13)(H,14,15);2-5,10H,6H2,1H3,(H,11,12);5,7H,4H2,1-3H3,(H,9,10)(H,11,12);2*2H2,1H3,(H,4,5)/t;;11-;10-;;7-;;/m..00.0../s1. The Kier molecular flexibility index (Phi) is 49.3. The molecule has 2 unspecified atom stereocenters. The molecule has 6 aromatic rings. The maximum absolute atomic E-state index is 12.1. The number of rotatable bonds is 30. The number of sulfonamides is 1. The van der Waals surface area contributed by atoms with Gasteiger partial charge in [-0.05, 0) is 111 Å². The first-order chi connectivity index (χ1) is 51.3. The molecular formula is C77H101N7O25S. The molecule has 0 saturated heterocycles. The fourth-order valence-corrected chi connectivity index (χ4v) is 9.35. The molecule has 5 amide bonds. The quantitative estimate of drug-likeness (QED) is 0.0148. The van der Waals surface area contributed by atoms with E-state index in [1.54, 1.807) is 92.7 Å². The molecule has 6 aromatic carbocycles. The van der Waals surface area contributed by atoms with Crippen molar-refractivity contribution in [3.8, 4) is 0 Å². The second kappa shape index (κ2) is 54.3. The van der Waals surface area contributed by atoms with Crippen molar-refractivity contribution in [1.29, 1.82) is 0 Å². The zero-order valence-electron chi connectivity index (χ0n) is 63.2. The number of hydrogen-bond acceptors (Lipinski definition) is 17. The van der Waals surface area contributed by atoms with Crippen LogP contribution < -0.4 is 31.3 Å². The van der Waals surface area contributed by atoms with Crippen molar-refractivity contribution in [3.63, 3.8) is 0 Å². The molecule has 0 aromatic heterocycles. The number of nitro benzene ring substituents is 1. The molecule has 0 aliphatic carbocycles. The maximum Gasteiger partial charge on any atom is 0.326 e. The van der Waals surface area contributed by atoms with Gasteiger partial charge in [0.15, 0.2) is 0 Å². The summed E-state index contributed by atoms with van der Waals surface area (Å²) in [6, 6.07) is 40.5. The van der Waals surface area contributed by atoms with Crippen LogP contribution in [-0.2, 0) is 70.8 Å². The number of carbonyl (C=O) groups is 13. The molecule has 600 valence electrons. The van der Waals surface area contributed by atoms with E-state index in [9.17, 15) is 86.0 Å². The fraction of sp³-hybridized carbons (Fsp3) is 0.364. The third kappa shape index (κ3) is 48.0. The van der Waals surface area contributed by atoms with Gasteiger partial charge in [-0.15, -0.1) is 0 Å². The number of amides is 5. The van der Waals surface area contributed by atoms with Gasteiger partial charge in [0, 0.05) is 68.4 Å². The number of carboxylic acids is 8. The summed E-state index contributed by atoms with van der Waals surface area (Å²) in [4.78, 5) is 151. The lowest BCUT2D eigenvalue weighted by molar-refractivity contribution is -0.384. The van der Waals surface area contributed by atoms with E-state index in [1.807, 2.05) is 109 Å². The molecule has 0 radical (unpaired) electrons. The molecule has 0 heterocycles.